The van der Waals surface area contributed by atoms with Crippen molar-refractivity contribution >= 4 is 23.4 Å². The largest absolute Gasteiger partial charge is 0.417 e. The minimum Gasteiger partial charge on any atom is -0.338 e. The number of unbranched alkanes of at least 4 members (excludes halogenated alkanes) is 1. The van der Waals surface area contributed by atoms with Crippen molar-refractivity contribution in [3.05, 3.63) is 40.5 Å². The van der Waals surface area contributed by atoms with E-state index >= 15 is 0 Å². The molecule has 0 aliphatic carbocycles. The van der Waals surface area contributed by atoms with Gasteiger partial charge in [-0.15, -0.1) is 11.8 Å². The molecule has 2 aromatic rings. The Hall–Kier alpha value is -1.21. The van der Waals surface area contributed by atoms with E-state index in [1.807, 2.05) is 0 Å². The van der Waals surface area contributed by atoms with E-state index in [-0.39, 0.29) is 5.02 Å². The summed E-state index contributed by atoms with van der Waals surface area (Å²) >= 11 is 6.77. The first-order valence-electron chi connectivity index (χ1n) is 6.71. The first-order valence-corrected chi connectivity index (χ1v) is 8.07. The van der Waals surface area contributed by atoms with E-state index in [1.54, 1.807) is 0 Å². The Labute approximate surface area is 135 Å². The molecule has 0 fully saturated rings. The van der Waals surface area contributed by atoms with Gasteiger partial charge in [0.2, 0.25) is 5.89 Å². The lowest BCUT2D eigenvalue weighted by Crippen LogP contribution is -2.05. The van der Waals surface area contributed by atoms with Gasteiger partial charge in [0.15, 0.2) is 5.82 Å². The van der Waals surface area contributed by atoms with Crippen LogP contribution in [-0.2, 0) is 18.3 Å². The molecule has 0 spiro atoms. The molecule has 8 heteroatoms. The highest BCUT2D eigenvalue weighted by atomic mass is 35.5. The number of benzene rings is 1. The Bertz CT molecular complexity index is 631. The molecule has 1 heterocycles. The number of nitrogens with zero attached hydrogens (tertiary/aromatic N) is 2. The lowest BCUT2D eigenvalue weighted by atomic mass is 10.2. The predicted octanol–water partition coefficient (Wildman–Crippen LogP) is 5.38. The number of alkyl halides is 3. The van der Waals surface area contributed by atoms with E-state index in [4.69, 9.17) is 16.1 Å². The maximum Gasteiger partial charge on any atom is 0.417 e. The lowest BCUT2D eigenvalue weighted by molar-refractivity contribution is -0.137. The first-order chi connectivity index (χ1) is 10.4. The molecule has 3 nitrogen and oxygen atoms in total. The topological polar surface area (TPSA) is 38.9 Å². The van der Waals surface area contributed by atoms with Crippen LogP contribution in [0.1, 0.15) is 37.0 Å². The fraction of sp³-hybridized carbons (Fsp3) is 0.429. The van der Waals surface area contributed by atoms with Crippen LogP contribution in [-0.4, -0.2) is 10.1 Å². The zero-order valence-corrected chi connectivity index (χ0v) is 13.4. The van der Waals surface area contributed by atoms with Crippen LogP contribution < -0.4 is 0 Å². The Morgan fingerprint density at radius 3 is 2.77 bits per heavy atom. The number of rotatable bonds is 6. The van der Waals surface area contributed by atoms with Gasteiger partial charge in [-0.1, -0.05) is 30.1 Å². The Kier molecular flexibility index (Phi) is 5.74. The van der Waals surface area contributed by atoms with Gasteiger partial charge in [-0.3, -0.25) is 0 Å². The van der Waals surface area contributed by atoms with Gasteiger partial charge in [-0.25, -0.2) is 0 Å². The third kappa shape index (κ3) is 4.64. The van der Waals surface area contributed by atoms with Crippen LogP contribution in [0.2, 0.25) is 5.02 Å². The molecule has 0 atom stereocenters. The van der Waals surface area contributed by atoms with Crippen molar-refractivity contribution in [3.8, 4) is 0 Å². The van der Waals surface area contributed by atoms with Crippen molar-refractivity contribution in [1.29, 1.82) is 0 Å². The molecule has 22 heavy (non-hydrogen) atoms. The fourth-order valence-corrected chi connectivity index (χ4v) is 2.74. The highest BCUT2D eigenvalue weighted by Gasteiger charge is 2.33. The Balaban J connectivity index is 2.01. The normalized spacial score (nSPS) is 11.9. The maximum atomic E-state index is 12.8. The fourth-order valence-electron chi connectivity index (χ4n) is 1.74. The SMILES string of the molecule is CCCCc1noc(CSc2ccc(Cl)c(C(F)(F)F)c2)n1. The zero-order valence-electron chi connectivity index (χ0n) is 11.8. The quantitative estimate of drug-likeness (QED) is 0.656. The van der Waals surface area contributed by atoms with Gasteiger partial charge >= 0.3 is 6.18 Å². The van der Waals surface area contributed by atoms with Gasteiger partial charge in [0.25, 0.3) is 0 Å². The zero-order chi connectivity index (χ0) is 16.2. The molecule has 0 saturated carbocycles. The summed E-state index contributed by atoms with van der Waals surface area (Å²) in [6.07, 6.45) is -1.73. The Morgan fingerprint density at radius 2 is 2.09 bits per heavy atom. The molecule has 2 rings (SSSR count). The van der Waals surface area contributed by atoms with Gasteiger partial charge in [-0.05, 0) is 24.6 Å². The summed E-state index contributed by atoms with van der Waals surface area (Å²) in [6, 6.07) is 3.81. The summed E-state index contributed by atoms with van der Waals surface area (Å²) in [4.78, 5) is 4.65. The van der Waals surface area contributed by atoms with Crippen LogP contribution >= 0.6 is 23.4 Å². The lowest BCUT2D eigenvalue weighted by Gasteiger charge is -2.10. The summed E-state index contributed by atoms with van der Waals surface area (Å²) < 4.78 is 43.4. The predicted molar refractivity (Wildman–Crippen MR) is 78.9 cm³/mol. The third-order valence-electron chi connectivity index (χ3n) is 2.87. The molecular weight excluding hydrogens is 337 g/mol. The van der Waals surface area contributed by atoms with E-state index < -0.39 is 11.7 Å². The highest BCUT2D eigenvalue weighted by Crippen LogP contribution is 2.37. The minimum absolute atomic E-state index is 0.309. The summed E-state index contributed by atoms with van der Waals surface area (Å²) in [6.45, 7) is 2.07. The molecule has 0 unspecified atom stereocenters. The van der Waals surface area contributed by atoms with Crippen molar-refractivity contribution in [2.24, 2.45) is 0 Å². The summed E-state index contributed by atoms with van der Waals surface area (Å²) in [7, 11) is 0. The smallest absolute Gasteiger partial charge is 0.338 e. The maximum absolute atomic E-state index is 12.8. The van der Waals surface area contributed by atoms with Crippen molar-refractivity contribution in [2.45, 2.75) is 43.0 Å². The summed E-state index contributed by atoms with van der Waals surface area (Å²) in [5.74, 6) is 1.35. The van der Waals surface area contributed by atoms with E-state index in [0.717, 1.165) is 25.3 Å². The van der Waals surface area contributed by atoms with Gasteiger partial charge in [-0.2, -0.15) is 18.2 Å². The molecule has 0 aliphatic rings. The van der Waals surface area contributed by atoms with Crippen LogP contribution in [0.4, 0.5) is 13.2 Å². The third-order valence-corrected chi connectivity index (χ3v) is 4.18. The van der Waals surface area contributed by atoms with Crippen LogP contribution in [0, 0.1) is 0 Å². The molecule has 0 radical (unpaired) electrons. The van der Waals surface area contributed by atoms with Crippen LogP contribution in [0.5, 0.6) is 0 Å². The summed E-state index contributed by atoms with van der Waals surface area (Å²) in [5, 5.41) is 3.53. The van der Waals surface area contributed by atoms with Crippen molar-refractivity contribution in [1.82, 2.24) is 10.1 Å². The number of thioether (sulfide) groups is 1. The molecule has 0 aliphatic heterocycles. The molecule has 120 valence electrons. The average Bonchev–Trinajstić information content (AvgIpc) is 2.91. The van der Waals surface area contributed by atoms with Gasteiger partial charge in [0.05, 0.1) is 16.3 Å². The minimum atomic E-state index is -4.47. The Morgan fingerprint density at radius 1 is 1.32 bits per heavy atom. The number of hydrogen-bond donors (Lipinski definition) is 0. The van der Waals surface area contributed by atoms with E-state index in [0.29, 0.717) is 22.4 Å². The number of hydrogen-bond acceptors (Lipinski definition) is 4. The molecule has 1 aromatic heterocycles. The molecule has 0 amide bonds. The van der Waals surface area contributed by atoms with E-state index in [2.05, 4.69) is 17.1 Å². The number of aromatic nitrogens is 2. The summed E-state index contributed by atoms with van der Waals surface area (Å²) in [5.41, 5.74) is -0.840. The van der Waals surface area contributed by atoms with Crippen molar-refractivity contribution in [3.63, 3.8) is 0 Å². The average molecular weight is 351 g/mol. The van der Waals surface area contributed by atoms with Gasteiger partial charge < -0.3 is 4.52 Å². The molecule has 0 N–H and O–H groups in total. The van der Waals surface area contributed by atoms with Crippen molar-refractivity contribution < 1.29 is 17.7 Å². The molecule has 0 bridgehead atoms. The standard InChI is InChI=1S/C14H14ClF3N2OS/c1-2-3-4-12-19-13(21-20-12)8-22-9-5-6-11(15)10(7-9)14(16,17)18/h5-7H,2-4,8H2,1H3. The van der Waals surface area contributed by atoms with E-state index in [9.17, 15) is 13.2 Å². The van der Waals surface area contributed by atoms with Gasteiger partial charge in [0, 0.05) is 11.3 Å². The van der Waals surface area contributed by atoms with E-state index in [1.165, 1.54) is 23.9 Å². The second kappa shape index (κ2) is 7.37. The number of halogens is 4. The van der Waals surface area contributed by atoms with Gasteiger partial charge in [0.1, 0.15) is 0 Å². The van der Waals surface area contributed by atoms with Crippen molar-refractivity contribution in [2.75, 3.05) is 0 Å². The highest BCUT2D eigenvalue weighted by molar-refractivity contribution is 7.98. The molecular formula is C14H14ClF3N2OS. The van der Waals surface area contributed by atoms with Crippen LogP contribution in [0.15, 0.2) is 27.6 Å². The van der Waals surface area contributed by atoms with Crippen LogP contribution in [0.3, 0.4) is 0 Å². The first kappa shape index (κ1) is 17.1. The molecule has 0 saturated heterocycles. The second-order valence-electron chi connectivity index (χ2n) is 4.64. The second-order valence-corrected chi connectivity index (χ2v) is 6.09. The monoisotopic (exact) mass is 350 g/mol. The molecule has 1 aromatic carbocycles. The number of aryl methyl sites for hydroxylation is 1. The van der Waals surface area contributed by atoms with Crippen LogP contribution in [0.25, 0.3) is 0 Å².